The van der Waals surface area contributed by atoms with Crippen molar-refractivity contribution in [3.8, 4) is 17.1 Å². The highest BCUT2D eigenvalue weighted by Crippen LogP contribution is 2.26. The minimum atomic E-state index is -0.413. The first-order chi connectivity index (χ1) is 11.5. The van der Waals surface area contributed by atoms with Gasteiger partial charge in [0.1, 0.15) is 5.75 Å². The Balaban J connectivity index is 1.64. The Hall–Kier alpha value is -1.89. The monoisotopic (exact) mass is 332 g/mol. The zero-order valence-corrected chi connectivity index (χ0v) is 14.1. The van der Waals surface area contributed by atoms with Gasteiger partial charge in [-0.3, -0.25) is 0 Å². The molecule has 1 aliphatic rings. The van der Waals surface area contributed by atoms with Gasteiger partial charge in [0.2, 0.25) is 0 Å². The number of nitrogens with zero attached hydrogens (tertiary/aromatic N) is 2. The number of phenolic OH excluding ortho intramolecular Hbond substituents is 1. The third-order valence-electron chi connectivity index (χ3n) is 4.25. The second-order valence-corrected chi connectivity index (χ2v) is 6.64. The van der Waals surface area contributed by atoms with Crippen molar-refractivity contribution in [2.75, 3.05) is 20.6 Å². The van der Waals surface area contributed by atoms with E-state index in [0.29, 0.717) is 18.7 Å². The molecule has 2 heterocycles. The molecule has 1 fully saturated rings. The Morgan fingerprint density at radius 3 is 2.83 bits per heavy atom. The summed E-state index contributed by atoms with van der Waals surface area (Å²) in [5.74, 6) is 0.822. The van der Waals surface area contributed by atoms with E-state index in [4.69, 9.17) is 9.26 Å². The number of aliphatic hydroxyl groups excluding tert-OH is 1. The van der Waals surface area contributed by atoms with E-state index in [9.17, 15) is 10.2 Å². The number of aliphatic hydroxyl groups is 1. The minimum Gasteiger partial charge on any atom is -0.508 e. The predicted octanol–water partition coefficient (Wildman–Crippen LogP) is 2.06. The molecule has 0 radical (unpaired) electrons. The van der Waals surface area contributed by atoms with Gasteiger partial charge in [0.15, 0.2) is 5.76 Å². The van der Waals surface area contributed by atoms with Crippen LogP contribution in [0.15, 0.2) is 34.9 Å². The zero-order chi connectivity index (χ0) is 17.1. The van der Waals surface area contributed by atoms with Gasteiger partial charge in [0.25, 0.3) is 0 Å². The van der Waals surface area contributed by atoms with E-state index >= 15 is 0 Å². The highest BCUT2D eigenvalue weighted by atomic mass is 16.5. The summed E-state index contributed by atoms with van der Waals surface area (Å²) in [6, 6.07) is 8.77. The Labute approximate surface area is 141 Å². The van der Waals surface area contributed by atoms with Crippen LogP contribution in [0.5, 0.6) is 5.75 Å². The highest BCUT2D eigenvalue weighted by Gasteiger charge is 2.30. The molecule has 130 valence electrons. The largest absolute Gasteiger partial charge is 0.508 e. The lowest BCUT2D eigenvalue weighted by molar-refractivity contribution is -0.122. The fourth-order valence-corrected chi connectivity index (χ4v) is 3.06. The molecule has 0 amide bonds. The van der Waals surface area contributed by atoms with Crippen molar-refractivity contribution >= 4 is 0 Å². The molecule has 2 N–H and O–H groups in total. The number of phenols is 1. The van der Waals surface area contributed by atoms with Crippen LogP contribution in [0, 0.1) is 0 Å². The van der Waals surface area contributed by atoms with Gasteiger partial charge in [0, 0.05) is 24.6 Å². The Kier molecular flexibility index (Phi) is 5.18. The Morgan fingerprint density at radius 1 is 1.25 bits per heavy atom. The average molecular weight is 332 g/mol. The molecular weight excluding hydrogens is 308 g/mol. The van der Waals surface area contributed by atoms with E-state index < -0.39 is 6.10 Å². The number of ether oxygens (including phenoxy) is 1. The summed E-state index contributed by atoms with van der Waals surface area (Å²) >= 11 is 0. The van der Waals surface area contributed by atoms with Crippen LogP contribution in [-0.4, -0.2) is 59.2 Å². The molecule has 3 atom stereocenters. The van der Waals surface area contributed by atoms with E-state index in [1.807, 2.05) is 31.1 Å². The number of hydrogen-bond acceptors (Lipinski definition) is 6. The van der Waals surface area contributed by atoms with Crippen LogP contribution in [0.1, 0.15) is 18.5 Å². The molecule has 2 aromatic rings. The lowest BCUT2D eigenvalue weighted by atomic mass is 9.98. The molecule has 1 saturated heterocycles. The number of benzene rings is 1. The summed E-state index contributed by atoms with van der Waals surface area (Å²) in [5.41, 5.74) is 1.61. The SMILES string of the molecule is CN(C)C[C@H]1O[C@H](Cc2cc(-c3cccc(O)c3)on2)CC[C@@H]1O. The molecule has 0 bridgehead atoms. The van der Waals surface area contributed by atoms with Gasteiger partial charge in [-0.05, 0) is 39.1 Å². The smallest absolute Gasteiger partial charge is 0.167 e. The van der Waals surface area contributed by atoms with Crippen molar-refractivity contribution in [2.45, 2.75) is 37.6 Å². The normalized spacial score (nSPS) is 24.4. The topological polar surface area (TPSA) is 79.0 Å². The highest BCUT2D eigenvalue weighted by molar-refractivity contribution is 5.59. The molecule has 6 nitrogen and oxygen atoms in total. The van der Waals surface area contributed by atoms with Crippen molar-refractivity contribution in [3.05, 3.63) is 36.0 Å². The third-order valence-corrected chi connectivity index (χ3v) is 4.25. The summed E-state index contributed by atoms with van der Waals surface area (Å²) in [5, 5.41) is 23.7. The van der Waals surface area contributed by atoms with Gasteiger partial charge in [-0.2, -0.15) is 0 Å². The van der Waals surface area contributed by atoms with Crippen LogP contribution >= 0.6 is 0 Å². The van der Waals surface area contributed by atoms with Crippen LogP contribution in [0.2, 0.25) is 0 Å². The van der Waals surface area contributed by atoms with Gasteiger partial charge in [0.05, 0.1) is 24.0 Å². The first kappa shape index (κ1) is 17.0. The van der Waals surface area contributed by atoms with E-state index in [1.54, 1.807) is 18.2 Å². The van der Waals surface area contributed by atoms with Crippen LogP contribution in [-0.2, 0) is 11.2 Å². The van der Waals surface area contributed by atoms with Gasteiger partial charge >= 0.3 is 0 Å². The maximum absolute atomic E-state index is 10.1. The fourth-order valence-electron chi connectivity index (χ4n) is 3.06. The summed E-state index contributed by atoms with van der Waals surface area (Å²) < 4.78 is 11.4. The fraction of sp³-hybridized carbons (Fsp3) is 0.500. The molecular formula is C18H24N2O4. The molecule has 1 aromatic carbocycles. The lowest BCUT2D eigenvalue weighted by Crippen LogP contribution is -2.45. The van der Waals surface area contributed by atoms with E-state index in [2.05, 4.69) is 5.16 Å². The summed E-state index contributed by atoms with van der Waals surface area (Å²) in [6.07, 6.45) is 1.64. The molecule has 6 heteroatoms. The Morgan fingerprint density at radius 2 is 2.08 bits per heavy atom. The van der Waals surface area contributed by atoms with E-state index in [1.165, 1.54) is 0 Å². The quantitative estimate of drug-likeness (QED) is 0.872. The van der Waals surface area contributed by atoms with E-state index in [-0.39, 0.29) is 18.0 Å². The Bertz CT molecular complexity index is 671. The molecule has 3 rings (SSSR count). The van der Waals surface area contributed by atoms with Crippen LogP contribution in [0.25, 0.3) is 11.3 Å². The second kappa shape index (κ2) is 7.34. The van der Waals surface area contributed by atoms with Crippen LogP contribution in [0.4, 0.5) is 0 Å². The van der Waals surface area contributed by atoms with Crippen molar-refractivity contribution in [1.29, 1.82) is 0 Å². The maximum Gasteiger partial charge on any atom is 0.167 e. The lowest BCUT2D eigenvalue weighted by Gasteiger charge is -2.35. The van der Waals surface area contributed by atoms with Crippen molar-refractivity contribution < 1.29 is 19.5 Å². The molecule has 0 unspecified atom stereocenters. The molecule has 1 aromatic heterocycles. The maximum atomic E-state index is 10.1. The van der Waals surface area contributed by atoms with Gasteiger partial charge in [-0.15, -0.1) is 0 Å². The van der Waals surface area contributed by atoms with Gasteiger partial charge in [-0.1, -0.05) is 17.3 Å². The first-order valence-electron chi connectivity index (χ1n) is 8.24. The molecule has 1 aliphatic heterocycles. The first-order valence-corrected chi connectivity index (χ1v) is 8.24. The molecule has 24 heavy (non-hydrogen) atoms. The van der Waals surface area contributed by atoms with Gasteiger partial charge in [-0.25, -0.2) is 0 Å². The molecule has 0 saturated carbocycles. The third kappa shape index (κ3) is 4.14. The van der Waals surface area contributed by atoms with Crippen LogP contribution < -0.4 is 0 Å². The molecule has 0 spiro atoms. The van der Waals surface area contributed by atoms with Crippen molar-refractivity contribution in [3.63, 3.8) is 0 Å². The predicted molar refractivity (Wildman–Crippen MR) is 89.8 cm³/mol. The number of rotatable bonds is 5. The number of aromatic nitrogens is 1. The van der Waals surface area contributed by atoms with Crippen molar-refractivity contribution in [2.24, 2.45) is 0 Å². The minimum absolute atomic E-state index is 0.0282. The number of hydrogen-bond donors (Lipinski definition) is 2. The van der Waals surface area contributed by atoms with Gasteiger partial charge < -0.3 is 24.4 Å². The summed E-state index contributed by atoms with van der Waals surface area (Å²) in [4.78, 5) is 2.02. The van der Waals surface area contributed by atoms with Crippen LogP contribution in [0.3, 0.4) is 0 Å². The van der Waals surface area contributed by atoms with E-state index in [0.717, 1.165) is 24.1 Å². The standard InChI is InChI=1S/C18H24N2O4/c1-20(2)11-18-16(22)7-6-15(23-18)9-13-10-17(24-19-13)12-4-3-5-14(21)8-12/h3-5,8,10,15-16,18,21-22H,6-7,9,11H2,1-2H3/t15-,16-,18+/m0/s1. The zero-order valence-electron chi connectivity index (χ0n) is 14.1. The second-order valence-electron chi connectivity index (χ2n) is 6.64. The number of likely N-dealkylation sites (N-methyl/N-ethyl adjacent to an activating group) is 1. The molecule has 0 aliphatic carbocycles. The number of aromatic hydroxyl groups is 1. The van der Waals surface area contributed by atoms with Crippen molar-refractivity contribution in [1.82, 2.24) is 10.1 Å². The summed E-state index contributed by atoms with van der Waals surface area (Å²) in [7, 11) is 3.94. The average Bonchev–Trinajstić information content (AvgIpc) is 2.99. The summed E-state index contributed by atoms with van der Waals surface area (Å²) in [6.45, 7) is 0.699.